The van der Waals surface area contributed by atoms with E-state index in [4.69, 9.17) is 0 Å². The van der Waals surface area contributed by atoms with Gasteiger partial charge in [-0.3, -0.25) is 9.59 Å². The van der Waals surface area contributed by atoms with Crippen molar-refractivity contribution in [1.82, 2.24) is 14.8 Å². The van der Waals surface area contributed by atoms with Gasteiger partial charge >= 0.3 is 0 Å². The van der Waals surface area contributed by atoms with Gasteiger partial charge in [-0.1, -0.05) is 51.3 Å². The molecular formula is C26H31N3O2S. The second kappa shape index (κ2) is 8.74. The monoisotopic (exact) mass is 449 g/mol. The Bertz CT molecular complexity index is 1140. The second-order valence-corrected chi connectivity index (χ2v) is 10.5. The largest absolute Gasteiger partial charge is 0.351 e. The van der Waals surface area contributed by atoms with Crippen molar-refractivity contribution in [3.8, 4) is 5.00 Å². The van der Waals surface area contributed by atoms with Crippen LogP contribution in [0.3, 0.4) is 0 Å². The molecule has 1 atom stereocenters. The number of carbonyl (C=O) groups excluding carboxylic acids is 2. The molecule has 1 unspecified atom stereocenters. The second-order valence-electron chi connectivity index (χ2n) is 9.51. The normalized spacial score (nSPS) is 19.2. The zero-order chi connectivity index (χ0) is 22.2. The summed E-state index contributed by atoms with van der Waals surface area (Å²) in [5.74, 6) is 0.359. The van der Waals surface area contributed by atoms with Crippen molar-refractivity contribution in [3.05, 3.63) is 53.9 Å². The molecular weight excluding hydrogens is 418 g/mol. The van der Waals surface area contributed by atoms with Gasteiger partial charge in [-0.15, -0.1) is 11.3 Å². The molecule has 2 aliphatic rings. The molecule has 3 aromatic rings. The van der Waals surface area contributed by atoms with E-state index in [0.29, 0.717) is 12.5 Å². The minimum absolute atomic E-state index is 0.0365. The highest BCUT2D eigenvalue weighted by Crippen LogP contribution is 2.41. The van der Waals surface area contributed by atoms with Gasteiger partial charge < -0.3 is 14.8 Å². The van der Waals surface area contributed by atoms with Crippen LogP contribution in [0.4, 0.5) is 0 Å². The SMILES string of the molecule is CC(C)CCN1C(=O)c2c(sc3ccccc23)-n2cccc2C1C(=O)NC1CCCCC1. The number of thiophene rings is 1. The molecule has 1 aliphatic carbocycles. The Labute approximate surface area is 193 Å². The van der Waals surface area contributed by atoms with Crippen LogP contribution >= 0.6 is 11.3 Å². The topological polar surface area (TPSA) is 54.3 Å². The average molecular weight is 450 g/mol. The first kappa shape index (κ1) is 21.3. The van der Waals surface area contributed by atoms with Crippen molar-refractivity contribution in [2.45, 2.75) is 64.5 Å². The van der Waals surface area contributed by atoms with E-state index in [9.17, 15) is 9.59 Å². The summed E-state index contributed by atoms with van der Waals surface area (Å²) in [6, 6.07) is 11.7. The fraction of sp³-hybridized carbons (Fsp3) is 0.462. The molecule has 6 heteroatoms. The predicted octanol–water partition coefficient (Wildman–Crippen LogP) is 5.68. The van der Waals surface area contributed by atoms with Crippen LogP contribution in [0.25, 0.3) is 15.1 Å². The van der Waals surface area contributed by atoms with Crippen LogP contribution in [-0.2, 0) is 4.79 Å². The van der Waals surface area contributed by atoms with Gasteiger partial charge in [0.1, 0.15) is 5.00 Å². The van der Waals surface area contributed by atoms with Crippen LogP contribution in [0.2, 0.25) is 0 Å². The number of nitrogens with zero attached hydrogens (tertiary/aromatic N) is 2. The number of aromatic nitrogens is 1. The van der Waals surface area contributed by atoms with Gasteiger partial charge in [0.05, 0.1) is 11.3 Å². The summed E-state index contributed by atoms with van der Waals surface area (Å²) in [5.41, 5.74) is 1.60. The van der Waals surface area contributed by atoms with Gasteiger partial charge in [0.25, 0.3) is 5.91 Å². The van der Waals surface area contributed by atoms with E-state index in [0.717, 1.165) is 58.4 Å². The molecule has 2 amide bonds. The molecule has 1 aliphatic heterocycles. The van der Waals surface area contributed by atoms with Crippen molar-refractivity contribution < 1.29 is 9.59 Å². The number of carbonyl (C=O) groups is 2. The number of benzene rings is 1. The van der Waals surface area contributed by atoms with Crippen LogP contribution in [0, 0.1) is 5.92 Å². The lowest BCUT2D eigenvalue weighted by atomic mass is 9.95. The Balaban J connectivity index is 1.61. The van der Waals surface area contributed by atoms with Crippen molar-refractivity contribution >= 4 is 33.2 Å². The molecule has 2 aromatic heterocycles. The standard InChI is InChI=1S/C26H31N3O2S/c1-17(2)14-16-29-23(24(30)27-18-9-4-3-5-10-18)20-12-8-15-28(20)26-22(25(29)31)19-11-6-7-13-21(19)32-26/h6-8,11-13,15,17-18,23H,3-5,9-10,14,16H2,1-2H3,(H,27,30). The zero-order valence-corrected chi connectivity index (χ0v) is 19.7. The molecule has 168 valence electrons. The summed E-state index contributed by atoms with van der Waals surface area (Å²) in [4.78, 5) is 29.6. The average Bonchev–Trinajstić information content (AvgIpc) is 3.39. The van der Waals surface area contributed by atoms with Crippen molar-refractivity contribution in [3.63, 3.8) is 0 Å². The Morgan fingerprint density at radius 3 is 2.69 bits per heavy atom. The van der Waals surface area contributed by atoms with Crippen LogP contribution < -0.4 is 5.32 Å². The molecule has 5 nitrogen and oxygen atoms in total. The Morgan fingerprint density at radius 1 is 1.12 bits per heavy atom. The first-order valence-electron chi connectivity index (χ1n) is 11.8. The van der Waals surface area contributed by atoms with E-state index < -0.39 is 6.04 Å². The van der Waals surface area contributed by atoms with E-state index in [2.05, 4.69) is 29.8 Å². The first-order valence-corrected chi connectivity index (χ1v) is 12.7. The zero-order valence-electron chi connectivity index (χ0n) is 18.8. The minimum Gasteiger partial charge on any atom is -0.351 e. The summed E-state index contributed by atoms with van der Waals surface area (Å²) in [7, 11) is 0. The van der Waals surface area contributed by atoms with Gasteiger partial charge in [-0.25, -0.2) is 0 Å². The molecule has 3 heterocycles. The van der Waals surface area contributed by atoms with Gasteiger partial charge in [0.15, 0.2) is 6.04 Å². The molecule has 5 rings (SSSR count). The van der Waals surface area contributed by atoms with Gasteiger partial charge in [-0.05, 0) is 43.4 Å². The Hall–Kier alpha value is -2.60. The van der Waals surface area contributed by atoms with Gasteiger partial charge in [0.2, 0.25) is 5.91 Å². The summed E-state index contributed by atoms with van der Waals surface area (Å²) in [6.07, 6.45) is 8.46. The lowest BCUT2D eigenvalue weighted by Gasteiger charge is -2.32. The molecule has 1 saturated carbocycles. The summed E-state index contributed by atoms with van der Waals surface area (Å²) < 4.78 is 3.16. The first-order chi connectivity index (χ1) is 15.5. The summed E-state index contributed by atoms with van der Waals surface area (Å²) >= 11 is 1.62. The smallest absolute Gasteiger partial charge is 0.258 e. The highest BCUT2D eigenvalue weighted by atomic mass is 32.1. The van der Waals surface area contributed by atoms with Crippen LogP contribution in [0.15, 0.2) is 42.6 Å². The lowest BCUT2D eigenvalue weighted by molar-refractivity contribution is -0.127. The van der Waals surface area contributed by atoms with E-state index in [-0.39, 0.29) is 17.9 Å². The third kappa shape index (κ3) is 3.75. The minimum atomic E-state index is -0.614. The third-order valence-electron chi connectivity index (χ3n) is 6.79. The summed E-state index contributed by atoms with van der Waals surface area (Å²) in [5, 5.41) is 5.19. The Morgan fingerprint density at radius 2 is 1.91 bits per heavy atom. The van der Waals surface area contributed by atoms with Gasteiger partial charge in [0, 0.05) is 28.9 Å². The molecule has 0 bridgehead atoms. The third-order valence-corrected chi connectivity index (χ3v) is 7.96. The number of nitrogens with one attached hydrogen (secondary N) is 1. The highest BCUT2D eigenvalue weighted by Gasteiger charge is 2.40. The molecule has 1 fully saturated rings. The molecule has 32 heavy (non-hydrogen) atoms. The van der Waals surface area contributed by atoms with E-state index in [1.165, 1.54) is 6.42 Å². The number of rotatable bonds is 5. The quantitative estimate of drug-likeness (QED) is 0.544. The maximum Gasteiger partial charge on any atom is 0.258 e. The van der Waals surface area contributed by atoms with Gasteiger partial charge in [-0.2, -0.15) is 0 Å². The van der Waals surface area contributed by atoms with E-state index >= 15 is 0 Å². The number of amides is 2. The molecule has 0 spiro atoms. The van der Waals surface area contributed by atoms with Crippen LogP contribution in [-0.4, -0.2) is 33.9 Å². The number of hydrogen-bond donors (Lipinski definition) is 1. The van der Waals surface area contributed by atoms with Crippen molar-refractivity contribution in [2.24, 2.45) is 5.92 Å². The summed E-state index contributed by atoms with van der Waals surface area (Å²) in [6.45, 7) is 4.88. The maximum atomic E-state index is 14.0. The number of fused-ring (bicyclic) bond motifs is 5. The molecule has 0 radical (unpaired) electrons. The van der Waals surface area contributed by atoms with Crippen molar-refractivity contribution in [2.75, 3.05) is 6.54 Å². The van der Waals surface area contributed by atoms with Crippen LogP contribution in [0.1, 0.15) is 74.5 Å². The lowest BCUT2D eigenvalue weighted by Crippen LogP contribution is -2.47. The predicted molar refractivity (Wildman–Crippen MR) is 129 cm³/mol. The van der Waals surface area contributed by atoms with E-state index in [1.807, 2.05) is 41.4 Å². The fourth-order valence-corrected chi connectivity index (χ4v) is 6.26. The molecule has 1 N–H and O–H groups in total. The Kier molecular flexibility index (Phi) is 5.80. The number of hydrogen-bond acceptors (Lipinski definition) is 3. The van der Waals surface area contributed by atoms with E-state index in [1.54, 1.807) is 11.3 Å². The molecule has 0 saturated heterocycles. The van der Waals surface area contributed by atoms with Crippen molar-refractivity contribution in [1.29, 1.82) is 0 Å². The fourth-order valence-electron chi connectivity index (χ4n) is 5.06. The highest BCUT2D eigenvalue weighted by molar-refractivity contribution is 7.22. The van der Waals surface area contributed by atoms with Crippen LogP contribution in [0.5, 0.6) is 0 Å². The maximum absolute atomic E-state index is 14.0. The molecule has 1 aromatic carbocycles.